The topological polar surface area (TPSA) is 74.7 Å². The molecule has 1 N–H and O–H groups in total. The Morgan fingerprint density at radius 2 is 1.65 bits per heavy atom. The number of carbonyl (C=O) groups is 3. The number of carboxylic acids is 1. The van der Waals surface area contributed by atoms with Crippen LogP contribution in [0, 0.1) is 35.5 Å². The van der Waals surface area contributed by atoms with Crippen molar-refractivity contribution in [1.82, 2.24) is 0 Å². The number of benzene rings is 1. The third kappa shape index (κ3) is 1.54. The molecule has 0 unspecified atom stereocenters. The summed E-state index contributed by atoms with van der Waals surface area (Å²) in [4.78, 5) is 38.2. The summed E-state index contributed by atoms with van der Waals surface area (Å²) in [5.74, 6) is -0.407. The molecule has 5 nitrogen and oxygen atoms in total. The second-order valence-electron chi connectivity index (χ2n) is 7.02. The first kappa shape index (κ1) is 13.0. The maximum absolute atomic E-state index is 12.9. The average Bonchev–Trinajstić information content (AvgIpc) is 3.32. The van der Waals surface area contributed by atoms with E-state index in [2.05, 4.69) is 12.2 Å². The lowest BCUT2D eigenvalue weighted by Crippen LogP contribution is -2.40. The Kier molecular flexibility index (Phi) is 2.33. The lowest BCUT2D eigenvalue weighted by atomic mass is 9.63. The molecule has 116 valence electrons. The van der Waals surface area contributed by atoms with Gasteiger partial charge in [0.15, 0.2) is 0 Å². The lowest BCUT2D eigenvalue weighted by molar-refractivity contribution is -0.124. The van der Waals surface area contributed by atoms with Gasteiger partial charge >= 0.3 is 5.97 Å². The molecule has 3 fully saturated rings. The van der Waals surface area contributed by atoms with Crippen molar-refractivity contribution in [2.24, 2.45) is 35.5 Å². The number of hydrogen-bond acceptors (Lipinski definition) is 3. The highest BCUT2D eigenvalue weighted by Gasteiger charge is 2.67. The van der Waals surface area contributed by atoms with Crippen LogP contribution >= 0.6 is 0 Å². The Hall–Kier alpha value is -2.43. The molecular weight excluding hydrogens is 294 g/mol. The minimum atomic E-state index is -1.06. The summed E-state index contributed by atoms with van der Waals surface area (Å²) < 4.78 is 0. The average molecular weight is 309 g/mol. The maximum atomic E-state index is 12.9. The second kappa shape index (κ2) is 4.10. The molecule has 1 aromatic carbocycles. The van der Waals surface area contributed by atoms with Gasteiger partial charge in [0, 0.05) is 0 Å². The first-order valence-corrected chi connectivity index (χ1v) is 7.97. The Labute approximate surface area is 132 Å². The highest BCUT2D eigenvalue weighted by molar-refractivity contribution is 6.22. The normalized spacial score (nSPS) is 39.4. The zero-order valence-electron chi connectivity index (χ0n) is 12.3. The van der Waals surface area contributed by atoms with Crippen molar-refractivity contribution >= 4 is 23.5 Å². The fourth-order valence-corrected chi connectivity index (χ4v) is 4.99. The highest BCUT2D eigenvalue weighted by Crippen LogP contribution is 2.65. The summed E-state index contributed by atoms with van der Waals surface area (Å²) in [6.45, 7) is 0. The molecule has 1 heterocycles. The summed E-state index contributed by atoms with van der Waals surface area (Å²) in [7, 11) is 0. The number of imide groups is 1. The molecule has 1 saturated heterocycles. The third-order valence-corrected chi connectivity index (χ3v) is 6.01. The van der Waals surface area contributed by atoms with Crippen molar-refractivity contribution in [1.29, 1.82) is 0 Å². The van der Waals surface area contributed by atoms with E-state index < -0.39 is 5.97 Å². The minimum Gasteiger partial charge on any atom is -0.478 e. The van der Waals surface area contributed by atoms with Crippen LogP contribution in [0.15, 0.2) is 36.4 Å². The molecule has 0 aromatic heterocycles. The number of hydrogen-bond donors (Lipinski definition) is 1. The van der Waals surface area contributed by atoms with Gasteiger partial charge in [-0.3, -0.25) is 9.59 Å². The van der Waals surface area contributed by atoms with E-state index in [0.717, 1.165) is 6.42 Å². The smallest absolute Gasteiger partial charge is 0.335 e. The Morgan fingerprint density at radius 1 is 1.04 bits per heavy atom. The summed E-state index contributed by atoms with van der Waals surface area (Å²) >= 11 is 0. The number of carboxylic acid groups (broad SMARTS) is 1. The van der Waals surface area contributed by atoms with Crippen molar-refractivity contribution in [3.05, 3.63) is 42.0 Å². The van der Waals surface area contributed by atoms with Gasteiger partial charge in [-0.05, 0) is 48.3 Å². The number of aromatic carboxylic acids is 1. The van der Waals surface area contributed by atoms with Crippen molar-refractivity contribution in [2.45, 2.75) is 6.42 Å². The number of amides is 2. The highest BCUT2D eigenvalue weighted by atomic mass is 16.4. The van der Waals surface area contributed by atoms with Gasteiger partial charge in [-0.25, -0.2) is 9.69 Å². The molecule has 2 bridgehead atoms. The van der Waals surface area contributed by atoms with Gasteiger partial charge in [0.25, 0.3) is 0 Å². The standard InChI is InChI=1S/C18H15NO4/c20-16-14-10-4-5-11(13-7-12(10)13)15(14)17(21)19(16)9-3-1-2-8(6-9)18(22)23/h1-6,10-15H,7H2,(H,22,23)/t10-,11-,12-,13-,14-,15+/m0/s1. The zero-order chi connectivity index (χ0) is 15.9. The summed E-state index contributed by atoms with van der Waals surface area (Å²) in [5, 5.41) is 9.13. The predicted molar refractivity (Wildman–Crippen MR) is 80.6 cm³/mol. The van der Waals surface area contributed by atoms with Crippen LogP contribution in [0.5, 0.6) is 0 Å². The van der Waals surface area contributed by atoms with Crippen LogP contribution < -0.4 is 4.90 Å². The largest absolute Gasteiger partial charge is 0.478 e. The molecule has 23 heavy (non-hydrogen) atoms. The zero-order valence-corrected chi connectivity index (χ0v) is 12.3. The van der Waals surface area contributed by atoms with Gasteiger partial charge in [-0.15, -0.1) is 0 Å². The van der Waals surface area contributed by atoms with Crippen molar-refractivity contribution in [3.8, 4) is 0 Å². The summed E-state index contributed by atoms with van der Waals surface area (Å²) in [5.41, 5.74) is 0.462. The van der Waals surface area contributed by atoms with Crippen molar-refractivity contribution in [2.75, 3.05) is 4.90 Å². The van der Waals surface area contributed by atoms with E-state index >= 15 is 0 Å². The van der Waals surface area contributed by atoms with E-state index in [-0.39, 0.29) is 41.0 Å². The summed E-state index contributed by atoms with van der Waals surface area (Å²) in [6, 6.07) is 6.08. The van der Waals surface area contributed by atoms with E-state index in [1.54, 1.807) is 12.1 Å². The van der Waals surface area contributed by atoms with Gasteiger partial charge in [0.05, 0.1) is 23.1 Å². The monoisotopic (exact) mass is 309 g/mol. The van der Waals surface area contributed by atoms with Gasteiger partial charge in [-0.1, -0.05) is 18.2 Å². The first-order chi connectivity index (χ1) is 11.1. The second-order valence-corrected chi connectivity index (χ2v) is 7.02. The quantitative estimate of drug-likeness (QED) is 0.669. The predicted octanol–water partition coefficient (Wildman–Crippen LogP) is 1.94. The molecule has 1 aliphatic heterocycles. The molecule has 5 heteroatoms. The van der Waals surface area contributed by atoms with Crippen molar-refractivity contribution < 1.29 is 19.5 Å². The number of carbonyl (C=O) groups excluding carboxylic acids is 2. The molecule has 6 atom stereocenters. The van der Waals surface area contributed by atoms with Crippen LogP contribution in [-0.4, -0.2) is 22.9 Å². The minimum absolute atomic E-state index is 0.0851. The number of allylic oxidation sites excluding steroid dienone is 2. The Morgan fingerprint density at radius 3 is 2.22 bits per heavy atom. The van der Waals surface area contributed by atoms with Crippen molar-refractivity contribution in [3.63, 3.8) is 0 Å². The molecule has 2 saturated carbocycles. The van der Waals surface area contributed by atoms with Gasteiger partial charge in [-0.2, -0.15) is 0 Å². The number of nitrogens with zero attached hydrogens (tertiary/aromatic N) is 1. The number of anilines is 1. The Balaban J connectivity index is 1.57. The van der Waals surface area contributed by atoms with Gasteiger partial charge in [0.1, 0.15) is 0 Å². The Bertz CT molecular complexity index is 762. The maximum Gasteiger partial charge on any atom is 0.335 e. The molecule has 0 radical (unpaired) electrons. The molecule has 1 aromatic rings. The molecule has 2 amide bonds. The van der Waals surface area contributed by atoms with E-state index in [0.29, 0.717) is 17.5 Å². The van der Waals surface area contributed by atoms with E-state index in [1.165, 1.54) is 17.0 Å². The van der Waals surface area contributed by atoms with Crippen LogP contribution in [-0.2, 0) is 9.59 Å². The molecule has 4 aliphatic carbocycles. The lowest BCUT2D eigenvalue weighted by Gasteiger charge is -2.37. The van der Waals surface area contributed by atoms with Gasteiger partial charge < -0.3 is 5.11 Å². The molecule has 0 spiro atoms. The summed E-state index contributed by atoms with van der Waals surface area (Å²) in [6.07, 6.45) is 5.38. The van der Waals surface area contributed by atoms with Gasteiger partial charge in [0.2, 0.25) is 11.8 Å². The fraction of sp³-hybridized carbons (Fsp3) is 0.389. The van der Waals surface area contributed by atoms with E-state index in [4.69, 9.17) is 5.11 Å². The van der Waals surface area contributed by atoms with Crippen LogP contribution in [0.1, 0.15) is 16.8 Å². The van der Waals surface area contributed by atoms with Crippen LogP contribution in [0.2, 0.25) is 0 Å². The number of rotatable bonds is 2. The molecule has 5 aliphatic rings. The first-order valence-electron chi connectivity index (χ1n) is 7.97. The third-order valence-electron chi connectivity index (χ3n) is 6.01. The van der Waals surface area contributed by atoms with Crippen LogP contribution in [0.4, 0.5) is 5.69 Å². The van der Waals surface area contributed by atoms with Crippen LogP contribution in [0.3, 0.4) is 0 Å². The van der Waals surface area contributed by atoms with E-state index in [9.17, 15) is 14.4 Å². The van der Waals surface area contributed by atoms with E-state index in [1.807, 2.05) is 0 Å². The van der Waals surface area contributed by atoms with Crippen LogP contribution in [0.25, 0.3) is 0 Å². The fourth-order valence-electron chi connectivity index (χ4n) is 4.99. The molecular formula is C18H15NO4. The molecule has 6 rings (SSSR count). The SMILES string of the molecule is O=C(O)c1cccc(N2C(=O)[C@@H]3[C@H]4C=C[C@@H]([C@@H]5C[C@@H]45)[C@@H]3C2=O)c1.